The maximum absolute atomic E-state index is 12.4. The van der Waals surface area contributed by atoms with Gasteiger partial charge in [-0.1, -0.05) is 0 Å². The number of aromatic nitrogens is 2. The monoisotopic (exact) mass is 295 g/mol. The molecule has 0 bridgehead atoms. The molecule has 0 radical (unpaired) electrons. The fourth-order valence-corrected chi connectivity index (χ4v) is 1.91. The lowest BCUT2D eigenvalue weighted by molar-refractivity contribution is -0.137. The van der Waals surface area contributed by atoms with Gasteiger partial charge in [0.15, 0.2) is 0 Å². The van der Waals surface area contributed by atoms with Crippen LogP contribution in [0.3, 0.4) is 0 Å². The minimum Gasteiger partial charge on any atom is -0.300 e. The van der Waals surface area contributed by atoms with Gasteiger partial charge < -0.3 is 4.90 Å². The van der Waals surface area contributed by atoms with Gasteiger partial charge in [-0.05, 0) is 43.3 Å². The fraction of sp³-hybridized carbons (Fsp3) is 0.333. The average molecular weight is 295 g/mol. The molecule has 6 heteroatoms. The second-order valence-electron chi connectivity index (χ2n) is 4.88. The van der Waals surface area contributed by atoms with Gasteiger partial charge in [-0.3, -0.25) is 9.97 Å². The van der Waals surface area contributed by atoms with Crippen LogP contribution < -0.4 is 0 Å². The van der Waals surface area contributed by atoms with Crippen LogP contribution in [0.2, 0.25) is 0 Å². The Balaban J connectivity index is 1.86. The Morgan fingerprint density at radius 1 is 1.10 bits per heavy atom. The summed E-state index contributed by atoms with van der Waals surface area (Å²) in [6, 6.07) is 6.39. The van der Waals surface area contributed by atoms with Crippen LogP contribution in [-0.4, -0.2) is 28.5 Å². The summed E-state index contributed by atoms with van der Waals surface area (Å²) in [6.07, 6.45) is 0.893. The highest BCUT2D eigenvalue weighted by atomic mass is 19.4. The van der Waals surface area contributed by atoms with Gasteiger partial charge in [0.2, 0.25) is 0 Å². The number of alkyl halides is 3. The van der Waals surface area contributed by atoms with Crippen LogP contribution in [0.15, 0.2) is 42.9 Å². The summed E-state index contributed by atoms with van der Waals surface area (Å²) in [5.41, 5.74) is 1.09. The van der Waals surface area contributed by atoms with E-state index in [1.807, 2.05) is 24.1 Å². The third-order valence-corrected chi connectivity index (χ3v) is 3.12. The third kappa shape index (κ3) is 4.82. The van der Waals surface area contributed by atoms with E-state index in [0.29, 0.717) is 12.2 Å². The van der Waals surface area contributed by atoms with Crippen molar-refractivity contribution in [2.45, 2.75) is 19.1 Å². The molecule has 2 rings (SSSR count). The van der Waals surface area contributed by atoms with Crippen LogP contribution in [0.4, 0.5) is 13.2 Å². The molecule has 0 saturated heterocycles. The van der Waals surface area contributed by atoms with Crippen molar-refractivity contribution >= 4 is 0 Å². The molecule has 0 amide bonds. The second kappa shape index (κ2) is 6.67. The van der Waals surface area contributed by atoms with Gasteiger partial charge in [0, 0.05) is 31.7 Å². The molecule has 0 unspecified atom stereocenters. The van der Waals surface area contributed by atoms with Crippen molar-refractivity contribution in [3.8, 4) is 0 Å². The number of pyridine rings is 2. The normalized spacial score (nSPS) is 11.9. The molecule has 0 fully saturated rings. The van der Waals surface area contributed by atoms with Gasteiger partial charge >= 0.3 is 6.18 Å². The standard InChI is InChI=1S/C15H16F3N3/c1-21(9-6-12-4-7-19-8-5-12)11-14-3-2-13(10-20-14)15(16,17)18/h2-5,7-8,10H,6,9,11H2,1H3. The molecule has 112 valence electrons. The molecule has 0 aliphatic rings. The molecule has 3 nitrogen and oxygen atoms in total. The van der Waals surface area contributed by atoms with E-state index in [2.05, 4.69) is 9.97 Å². The van der Waals surface area contributed by atoms with Crippen LogP contribution in [-0.2, 0) is 19.1 Å². The topological polar surface area (TPSA) is 29.0 Å². The Kier molecular flexibility index (Phi) is 4.90. The first-order valence-corrected chi connectivity index (χ1v) is 6.55. The zero-order chi connectivity index (χ0) is 15.3. The van der Waals surface area contributed by atoms with Gasteiger partial charge in [-0.2, -0.15) is 13.2 Å². The van der Waals surface area contributed by atoms with E-state index in [1.165, 1.54) is 11.6 Å². The van der Waals surface area contributed by atoms with Crippen molar-refractivity contribution in [1.82, 2.24) is 14.9 Å². The van der Waals surface area contributed by atoms with Gasteiger partial charge in [0.1, 0.15) is 0 Å². The number of nitrogens with zero attached hydrogens (tertiary/aromatic N) is 3. The maximum Gasteiger partial charge on any atom is 0.417 e. The van der Waals surface area contributed by atoms with Gasteiger partial charge in [-0.15, -0.1) is 0 Å². The van der Waals surface area contributed by atoms with E-state index in [-0.39, 0.29) is 0 Å². The number of hydrogen-bond acceptors (Lipinski definition) is 3. The molecule has 21 heavy (non-hydrogen) atoms. The third-order valence-electron chi connectivity index (χ3n) is 3.12. The first-order valence-electron chi connectivity index (χ1n) is 6.55. The molecule has 0 N–H and O–H groups in total. The molecule has 0 aromatic carbocycles. The molecular formula is C15H16F3N3. The quantitative estimate of drug-likeness (QED) is 0.848. The molecule has 2 aromatic rings. The summed E-state index contributed by atoms with van der Waals surface area (Å²) in [7, 11) is 1.92. The minimum atomic E-state index is -4.33. The van der Waals surface area contributed by atoms with Crippen molar-refractivity contribution < 1.29 is 13.2 Å². The first kappa shape index (κ1) is 15.4. The van der Waals surface area contributed by atoms with Crippen LogP contribution in [0, 0.1) is 0 Å². The van der Waals surface area contributed by atoms with Gasteiger partial charge in [0.05, 0.1) is 11.3 Å². The van der Waals surface area contributed by atoms with E-state index in [0.717, 1.165) is 25.2 Å². The molecule has 0 atom stereocenters. The average Bonchev–Trinajstić information content (AvgIpc) is 2.46. The van der Waals surface area contributed by atoms with Gasteiger partial charge in [-0.25, -0.2) is 0 Å². The fourth-order valence-electron chi connectivity index (χ4n) is 1.91. The Bertz CT molecular complexity index is 553. The van der Waals surface area contributed by atoms with Crippen molar-refractivity contribution in [2.75, 3.05) is 13.6 Å². The Hall–Kier alpha value is -1.95. The molecule has 0 aliphatic carbocycles. The summed E-state index contributed by atoms with van der Waals surface area (Å²) in [6.45, 7) is 1.32. The molecular weight excluding hydrogens is 279 g/mol. The molecule has 2 aromatic heterocycles. The van der Waals surface area contributed by atoms with Crippen molar-refractivity contribution in [3.63, 3.8) is 0 Å². The van der Waals surface area contributed by atoms with Crippen molar-refractivity contribution in [1.29, 1.82) is 0 Å². The second-order valence-corrected chi connectivity index (χ2v) is 4.88. The van der Waals surface area contributed by atoms with E-state index in [4.69, 9.17) is 0 Å². The SMILES string of the molecule is CN(CCc1ccncc1)Cc1ccc(C(F)(F)F)cn1. The molecule has 2 heterocycles. The van der Waals surface area contributed by atoms with Crippen molar-refractivity contribution in [2.24, 2.45) is 0 Å². The lowest BCUT2D eigenvalue weighted by Crippen LogP contribution is -2.21. The Labute approximate surface area is 121 Å². The van der Waals surface area contributed by atoms with Crippen LogP contribution in [0.5, 0.6) is 0 Å². The Morgan fingerprint density at radius 3 is 2.38 bits per heavy atom. The highest BCUT2D eigenvalue weighted by Crippen LogP contribution is 2.28. The number of rotatable bonds is 5. The summed E-state index contributed by atoms with van der Waals surface area (Å²) in [5, 5.41) is 0. The smallest absolute Gasteiger partial charge is 0.300 e. The first-order chi connectivity index (χ1) is 9.95. The number of hydrogen-bond donors (Lipinski definition) is 0. The van der Waals surface area contributed by atoms with Crippen LogP contribution in [0.25, 0.3) is 0 Å². The molecule has 0 aliphatic heterocycles. The maximum atomic E-state index is 12.4. The Morgan fingerprint density at radius 2 is 1.81 bits per heavy atom. The summed E-state index contributed by atoms with van der Waals surface area (Å²) in [4.78, 5) is 9.85. The zero-order valence-electron chi connectivity index (χ0n) is 11.6. The number of likely N-dealkylation sites (N-methyl/N-ethyl adjacent to an activating group) is 1. The summed E-state index contributed by atoms with van der Waals surface area (Å²) in [5.74, 6) is 0. The highest BCUT2D eigenvalue weighted by molar-refractivity contribution is 5.17. The highest BCUT2D eigenvalue weighted by Gasteiger charge is 2.30. The van der Waals surface area contributed by atoms with E-state index in [1.54, 1.807) is 12.4 Å². The summed E-state index contributed by atoms with van der Waals surface area (Å²) >= 11 is 0. The lowest BCUT2D eigenvalue weighted by Gasteiger charge is -2.16. The van der Waals surface area contributed by atoms with E-state index < -0.39 is 11.7 Å². The lowest BCUT2D eigenvalue weighted by atomic mass is 10.2. The van der Waals surface area contributed by atoms with Crippen LogP contribution in [0.1, 0.15) is 16.8 Å². The summed E-state index contributed by atoms with van der Waals surface area (Å²) < 4.78 is 37.3. The zero-order valence-corrected chi connectivity index (χ0v) is 11.6. The predicted octanol–water partition coefficient (Wildman–Crippen LogP) is 3.17. The van der Waals surface area contributed by atoms with E-state index >= 15 is 0 Å². The largest absolute Gasteiger partial charge is 0.417 e. The number of halogens is 3. The molecule has 0 spiro atoms. The minimum absolute atomic E-state index is 0.517. The predicted molar refractivity (Wildman–Crippen MR) is 73.5 cm³/mol. The molecule has 0 saturated carbocycles. The van der Waals surface area contributed by atoms with Crippen molar-refractivity contribution in [3.05, 3.63) is 59.7 Å². The van der Waals surface area contributed by atoms with E-state index in [9.17, 15) is 13.2 Å². The van der Waals surface area contributed by atoms with Crippen LogP contribution >= 0.6 is 0 Å². The van der Waals surface area contributed by atoms with Gasteiger partial charge in [0.25, 0.3) is 0 Å².